The van der Waals surface area contributed by atoms with E-state index in [-0.39, 0.29) is 25.6 Å². The highest BCUT2D eigenvalue weighted by molar-refractivity contribution is 5.70. The Bertz CT molecular complexity index is 479. The van der Waals surface area contributed by atoms with E-state index in [1.807, 2.05) is 7.05 Å². The molecule has 0 aromatic rings. The fourth-order valence-corrected chi connectivity index (χ4v) is 3.06. The molecule has 0 spiro atoms. The number of rotatable bonds is 19. The lowest BCUT2D eigenvalue weighted by atomic mass is 10.1. The quantitative estimate of drug-likeness (QED) is 0.0712. The Morgan fingerprint density at radius 1 is 0.857 bits per heavy atom. The monoisotopic (exact) mass is 396 g/mol. The zero-order valence-electron chi connectivity index (χ0n) is 17.8. The Kier molecular flexibility index (Phi) is 17.1. The van der Waals surface area contributed by atoms with Crippen molar-refractivity contribution in [3.63, 3.8) is 0 Å². The summed E-state index contributed by atoms with van der Waals surface area (Å²) in [5, 5.41) is 7.07. The molecule has 0 unspecified atom stereocenters. The number of likely N-dealkylation sites (N-methyl/N-ethyl adjacent to an activating group) is 1. The standard InChI is InChI=1S/C19H38N7O2/c1-3-4-5-6-7-8-9-10-11-12-17-28-19(27)18-26(2,15-13-22-24-20)16-14-23-25-21/h3-18H2,1-2H3/q+1. The maximum absolute atomic E-state index is 12.1. The number of hydrogen-bond acceptors (Lipinski definition) is 4. The second-order valence-electron chi connectivity index (χ2n) is 7.54. The summed E-state index contributed by atoms with van der Waals surface area (Å²) >= 11 is 0. The molecular formula is C19H38N7O2+. The zero-order chi connectivity index (χ0) is 20.9. The predicted molar refractivity (Wildman–Crippen MR) is 112 cm³/mol. The van der Waals surface area contributed by atoms with E-state index in [2.05, 4.69) is 27.0 Å². The van der Waals surface area contributed by atoms with Gasteiger partial charge in [0.05, 0.1) is 39.8 Å². The average molecular weight is 397 g/mol. The molecule has 160 valence electrons. The van der Waals surface area contributed by atoms with E-state index >= 15 is 0 Å². The Labute approximate surface area is 169 Å². The molecule has 0 aliphatic carbocycles. The third kappa shape index (κ3) is 16.2. The lowest BCUT2D eigenvalue weighted by Gasteiger charge is -2.32. The molecule has 0 aromatic carbocycles. The number of unbranched alkanes of at least 4 members (excludes halogenated alkanes) is 9. The Morgan fingerprint density at radius 3 is 1.79 bits per heavy atom. The van der Waals surface area contributed by atoms with Crippen LogP contribution in [0.15, 0.2) is 10.2 Å². The minimum absolute atomic E-state index is 0.180. The molecule has 0 amide bonds. The van der Waals surface area contributed by atoms with Gasteiger partial charge >= 0.3 is 5.97 Å². The van der Waals surface area contributed by atoms with Gasteiger partial charge in [-0.25, -0.2) is 4.79 Å². The summed E-state index contributed by atoms with van der Waals surface area (Å²) in [5.41, 5.74) is 16.8. The number of azide groups is 2. The number of quaternary nitrogens is 1. The summed E-state index contributed by atoms with van der Waals surface area (Å²) in [6.45, 7) is 4.43. The summed E-state index contributed by atoms with van der Waals surface area (Å²) < 4.78 is 5.69. The highest BCUT2D eigenvalue weighted by atomic mass is 16.5. The van der Waals surface area contributed by atoms with Crippen molar-refractivity contribution in [2.75, 3.05) is 46.4 Å². The smallest absolute Gasteiger partial charge is 0.361 e. The maximum atomic E-state index is 12.1. The molecule has 0 radical (unpaired) electrons. The average Bonchev–Trinajstić information content (AvgIpc) is 2.66. The molecular weight excluding hydrogens is 358 g/mol. The van der Waals surface area contributed by atoms with Gasteiger partial charge in [-0.1, -0.05) is 74.9 Å². The lowest BCUT2D eigenvalue weighted by molar-refractivity contribution is -0.899. The number of carbonyl (C=O) groups excluding carboxylic acids is 1. The van der Waals surface area contributed by atoms with Crippen LogP contribution in [0, 0.1) is 0 Å². The van der Waals surface area contributed by atoms with E-state index in [9.17, 15) is 4.79 Å². The van der Waals surface area contributed by atoms with Gasteiger partial charge in [-0.2, -0.15) is 0 Å². The number of hydrogen-bond donors (Lipinski definition) is 0. The Morgan fingerprint density at radius 2 is 1.32 bits per heavy atom. The molecule has 28 heavy (non-hydrogen) atoms. The Balaban J connectivity index is 3.91. The van der Waals surface area contributed by atoms with Crippen molar-refractivity contribution < 1.29 is 14.0 Å². The van der Waals surface area contributed by atoms with E-state index in [4.69, 9.17) is 15.8 Å². The first-order chi connectivity index (χ1) is 13.6. The van der Waals surface area contributed by atoms with E-state index in [1.165, 1.54) is 51.4 Å². The fourth-order valence-electron chi connectivity index (χ4n) is 3.06. The number of carbonyl (C=O) groups is 1. The molecule has 0 rings (SSSR count). The molecule has 0 aliphatic rings. The van der Waals surface area contributed by atoms with Gasteiger partial charge in [-0.15, -0.1) is 0 Å². The van der Waals surface area contributed by atoms with Crippen LogP contribution in [0.5, 0.6) is 0 Å². The van der Waals surface area contributed by atoms with Gasteiger partial charge in [0.25, 0.3) is 0 Å². The van der Waals surface area contributed by atoms with Crippen molar-refractivity contribution in [1.82, 2.24) is 0 Å². The predicted octanol–water partition coefficient (Wildman–Crippen LogP) is 5.52. The lowest BCUT2D eigenvalue weighted by Crippen LogP contribution is -2.51. The molecule has 9 heteroatoms. The van der Waals surface area contributed by atoms with Gasteiger partial charge in [0.1, 0.15) is 0 Å². The van der Waals surface area contributed by atoms with Gasteiger partial charge in [0.15, 0.2) is 6.54 Å². The van der Waals surface area contributed by atoms with Gasteiger partial charge in [0, 0.05) is 9.82 Å². The van der Waals surface area contributed by atoms with E-state index < -0.39 is 0 Å². The van der Waals surface area contributed by atoms with Crippen LogP contribution in [0.4, 0.5) is 0 Å². The second-order valence-corrected chi connectivity index (χ2v) is 7.54. The van der Waals surface area contributed by atoms with Crippen molar-refractivity contribution in [3.8, 4) is 0 Å². The van der Waals surface area contributed by atoms with Gasteiger partial charge in [-0.05, 0) is 17.5 Å². The van der Waals surface area contributed by atoms with Crippen LogP contribution in [-0.2, 0) is 9.53 Å². The van der Waals surface area contributed by atoms with Crippen molar-refractivity contribution in [2.45, 2.75) is 71.1 Å². The largest absolute Gasteiger partial charge is 0.462 e. The van der Waals surface area contributed by atoms with Crippen LogP contribution >= 0.6 is 0 Å². The van der Waals surface area contributed by atoms with Crippen molar-refractivity contribution in [3.05, 3.63) is 20.9 Å². The van der Waals surface area contributed by atoms with Gasteiger partial charge in [-0.3, -0.25) is 0 Å². The van der Waals surface area contributed by atoms with Crippen LogP contribution in [0.25, 0.3) is 20.9 Å². The number of nitrogens with zero attached hydrogens (tertiary/aromatic N) is 7. The summed E-state index contributed by atoms with van der Waals surface area (Å²) in [6.07, 6.45) is 12.4. The maximum Gasteiger partial charge on any atom is 0.361 e. The van der Waals surface area contributed by atoms with Crippen LogP contribution in [0.3, 0.4) is 0 Å². The van der Waals surface area contributed by atoms with Crippen LogP contribution in [0.1, 0.15) is 71.1 Å². The van der Waals surface area contributed by atoms with Crippen LogP contribution < -0.4 is 0 Å². The molecule has 0 atom stereocenters. The third-order valence-corrected chi connectivity index (χ3v) is 4.88. The molecule has 0 aliphatic heterocycles. The van der Waals surface area contributed by atoms with Crippen LogP contribution in [-0.4, -0.2) is 56.8 Å². The molecule has 0 heterocycles. The van der Waals surface area contributed by atoms with Crippen molar-refractivity contribution in [1.29, 1.82) is 0 Å². The minimum Gasteiger partial charge on any atom is -0.462 e. The van der Waals surface area contributed by atoms with Gasteiger partial charge < -0.3 is 9.22 Å². The van der Waals surface area contributed by atoms with Crippen molar-refractivity contribution in [2.24, 2.45) is 10.2 Å². The highest BCUT2D eigenvalue weighted by Gasteiger charge is 2.25. The summed E-state index contributed by atoms with van der Waals surface area (Å²) in [7, 11) is 1.88. The minimum atomic E-state index is -0.264. The van der Waals surface area contributed by atoms with Crippen molar-refractivity contribution >= 4 is 5.97 Å². The number of esters is 1. The van der Waals surface area contributed by atoms with E-state index in [0.29, 0.717) is 24.2 Å². The molecule has 0 aromatic heterocycles. The number of ether oxygens (including phenoxy) is 1. The molecule has 0 fully saturated rings. The highest BCUT2D eigenvalue weighted by Crippen LogP contribution is 2.11. The van der Waals surface area contributed by atoms with E-state index in [1.54, 1.807) is 0 Å². The normalized spacial score (nSPS) is 12.5. The molecule has 0 N–H and O–H groups in total. The molecule has 0 bridgehead atoms. The summed E-state index contributed by atoms with van der Waals surface area (Å²) in [4.78, 5) is 17.6. The van der Waals surface area contributed by atoms with Crippen LogP contribution in [0.2, 0.25) is 0 Å². The summed E-state index contributed by atoms with van der Waals surface area (Å²) in [6, 6.07) is 0. The first-order valence-corrected chi connectivity index (χ1v) is 10.6. The van der Waals surface area contributed by atoms with Gasteiger partial charge in [0.2, 0.25) is 0 Å². The molecule has 0 saturated carbocycles. The van der Waals surface area contributed by atoms with E-state index in [0.717, 1.165) is 12.8 Å². The topological polar surface area (TPSA) is 124 Å². The molecule has 9 nitrogen and oxygen atoms in total. The summed E-state index contributed by atoms with van der Waals surface area (Å²) in [5.74, 6) is -0.264. The fraction of sp³-hybridized carbons (Fsp3) is 0.947. The first kappa shape index (κ1) is 26.1. The second kappa shape index (κ2) is 18.4. The zero-order valence-corrected chi connectivity index (χ0v) is 17.8. The Hall–Kier alpha value is -1.95. The third-order valence-electron chi connectivity index (χ3n) is 4.88. The SMILES string of the molecule is CCCCCCCCCCCCOC(=O)C[N+](C)(CCN=[N+]=[N-])CCN=[N+]=[N-]. The first-order valence-electron chi connectivity index (χ1n) is 10.6. The molecule has 0 saturated heterocycles.